The predicted molar refractivity (Wildman–Crippen MR) is 88.5 cm³/mol. The number of anilines is 2. The number of nitrogens with one attached hydrogen (secondary N) is 1. The normalized spacial score (nSPS) is 10.2. The molecule has 0 saturated carbocycles. The molecule has 2 rings (SSSR count). The third-order valence-corrected chi connectivity index (χ3v) is 3.44. The minimum Gasteiger partial charge on any atom is -0.395 e. The fraction of sp³-hybridized carbons (Fsp3) is 0.133. The minimum atomic E-state index is -0.516. The SMILES string of the molecule is OCCN(C(=S)Nc1ccc(Cl)c(F)c1)c1ccccc1. The van der Waals surface area contributed by atoms with E-state index in [0.717, 1.165) is 5.69 Å². The molecule has 0 saturated heterocycles. The maximum atomic E-state index is 13.4. The first-order valence-electron chi connectivity index (χ1n) is 6.31. The molecule has 0 radical (unpaired) electrons. The fourth-order valence-corrected chi connectivity index (χ4v) is 2.25. The van der Waals surface area contributed by atoms with Crippen LogP contribution in [0.4, 0.5) is 15.8 Å². The highest BCUT2D eigenvalue weighted by atomic mass is 35.5. The van der Waals surface area contributed by atoms with Crippen LogP contribution in [0, 0.1) is 5.82 Å². The molecule has 0 heterocycles. The Kier molecular flexibility index (Phi) is 5.50. The molecule has 3 nitrogen and oxygen atoms in total. The van der Waals surface area contributed by atoms with Gasteiger partial charge in [0.25, 0.3) is 0 Å². The quantitative estimate of drug-likeness (QED) is 0.841. The molecule has 2 aromatic rings. The summed E-state index contributed by atoms with van der Waals surface area (Å²) in [6.07, 6.45) is 0. The van der Waals surface area contributed by atoms with E-state index in [9.17, 15) is 9.50 Å². The van der Waals surface area contributed by atoms with Gasteiger partial charge in [0.2, 0.25) is 0 Å². The molecule has 0 amide bonds. The van der Waals surface area contributed by atoms with Gasteiger partial charge in [-0.3, -0.25) is 0 Å². The summed E-state index contributed by atoms with van der Waals surface area (Å²) in [5, 5.41) is 12.6. The van der Waals surface area contributed by atoms with Crippen molar-refractivity contribution in [3.8, 4) is 0 Å². The lowest BCUT2D eigenvalue weighted by molar-refractivity contribution is 0.306. The number of hydrogen-bond donors (Lipinski definition) is 2. The van der Waals surface area contributed by atoms with Crippen molar-refractivity contribution >= 4 is 40.3 Å². The number of para-hydroxylation sites is 1. The Labute approximate surface area is 133 Å². The molecule has 0 aliphatic rings. The van der Waals surface area contributed by atoms with Gasteiger partial charge in [0, 0.05) is 17.9 Å². The molecule has 2 aromatic carbocycles. The molecule has 21 heavy (non-hydrogen) atoms. The van der Waals surface area contributed by atoms with Gasteiger partial charge in [-0.25, -0.2) is 4.39 Å². The number of thiocarbonyl (C=S) groups is 1. The molecular formula is C15H14ClFN2OS. The Balaban J connectivity index is 2.17. The highest BCUT2D eigenvalue weighted by molar-refractivity contribution is 7.80. The number of halogens is 2. The van der Waals surface area contributed by atoms with Crippen molar-refractivity contribution in [3.63, 3.8) is 0 Å². The topological polar surface area (TPSA) is 35.5 Å². The van der Waals surface area contributed by atoms with E-state index in [2.05, 4.69) is 5.32 Å². The fourth-order valence-electron chi connectivity index (χ4n) is 1.82. The second-order valence-corrected chi connectivity index (χ2v) is 5.06. The highest BCUT2D eigenvalue weighted by Gasteiger charge is 2.12. The van der Waals surface area contributed by atoms with E-state index >= 15 is 0 Å². The van der Waals surface area contributed by atoms with Crippen LogP contribution >= 0.6 is 23.8 Å². The molecule has 2 N–H and O–H groups in total. The van der Waals surface area contributed by atoms with Gasteiger partial charge in [-0.1, -0.05) is 29.8 Å². The Bertz CT molecular complexity index is 624. The zero-order valence-corrected chi connectivity index (χ0v) is 12.7. The second kappa shape index (κ2) is 7.36. The third-order valence-electron chi connectivity index (χ3n) is 2.81. The van der Waals surface area contributed by atoms with Crippen LogP contribution in [0.15, 0.2) is 48.5 Å². The molecule has 0 aromatic heterocycles. The number of aliphatic hydroxyl groups excluding tert-OH is 1. The summed E-state index contributed by atoms with van der Waals surface area (Å²) in [5.41, 5.74) is 1.35. The van der Waals surface area contributed by atoms with Gasteiger partial charge in [0.1, 0.15) is 5.82 Å². The standard InChI is InChI=1S/C15H14ClFN2OS/c16-13-7-6-11(10-14(13)17)18-15(21)19(8-9-20)12-4-2-1-3-5-12/h1-7,10,20H,8-9H2,(H,18,21). The lowest BCUT2D eigenvalue weighted by atomic mass is 10.3. The molecule has 0 aliphatic carbocycles. The van der Waals surface area contributed by atoms with E-state index in [0.29, 0.717) is 17.3 Å². The molecule has 6 heteroatoms. The Morgan fingerprint density at radius 1 is 1.24 bits per heavy atom. The third kappa shape index (κ3) is 4.14. The first kappa shape index (κ1) is 15.7. The van der Waals surface area contributed by atoms with Crippen LogP contribution in [0.25, 0.3) is 0 Å². The van der Waals surface area contributed by atoms with Gasteiger partial charge < -0.3 is 15.3 Å². The maximum Gasteiger partial charge on any atom is 0.178 e. The summed E-state index contributed by atoms with van der Waals surface area (Å²) in [4.78, 5) is 1.74. The number of hydrogen-bond acceptors (Lipinski definition) is 2. The molecular weight excluding hydrogens is 311 g/mol. The largest absolute Gasteiger partial charge is 0.395 e. The van der Waals surface area contributed by atoms with E-state index in [4.69, 9.17) is 23.8 Å². The summed E-state index contributed by atoms with van der Waals surface area (Å²) in [6, 6.07) is 13.8. The van der Waals surface area contributed by atoms with E-state index < -0.39 is 5.82 Å². The van der Waals surface area contributed by atoms with Crippen LogP contribution in [0.1, 0.15) is 0 Å². The monoisotopic (exact) mass is 324 g/mol. The summed E-state index contributed by atoms with van der Waals surface area (Å²) < 4.78 is 13.4. The van der Waals surface area contributed by atoms with Crippen molar-refractivity contribution in [1.29, 1.82) is 0 Å². The highest BCUT2D eigenvalue weighted by Crippen LogP contribution is 2.20. The van der Waals surface area contributed by atoms with Crippen LogP contribution in [0.5, 0.6) is 0 Å². The van der Waals surface area contributed by atoms with E-state index in [-0.39, 0.29) is 11.6 Å². The van der Waals surface area contributed by atoms with Crippen molar-refractivity contribution < 1.29 is 9.50 Å². The summed E-state index contributed by atoms with van der Waals surface area (Å²) >= 11 is 11.0. The molecule has 110 valence electrons. The van der Waals surface area contributed by atoms with E-state index in [1.54, 1.807) is 11.0 Å². The Hall–Kier alpha value is -1.69. The van der Waals surface area contributed by atoms with Crippen LogP contribution in [-0.2, 0) is 0 Å². The van der Waals surface area contributed by atoms with Gasteiger partial charge in [-0.15, -0.1) is 0 Å². The smallest absolute Gasteiger partial charge is 0.178 e. The van der Waals surface area contributed by atoms with E-state index in [1.807, 2.05) is 30.3 Å². The molecule has 0 unspecified atom stereocenters. The number of benzene rings is 2. The molecule has 0 fully saturated rings. The van der Waals surface area contributed by atoms with Gasteiger partial charge in [-0.05, 0) is 42.5 Å². The van der Waals surface area contributed by atoms with Crippen molar-refractivity contribution in [3.05, 3.63) is 59.4 Å². The maximum absolute atomic E-state index is 13.4. The van der Waals surface area contributed by atoms with Gasteiger partial charge in [0.05, 0.1) is 11.6 Å². The summed E-state index contributed by atoms with van der Waals surface area (Å²) in [5.74, 6) is -0.516. The van der Waals surface area contributed by atoms with Crippen LogP contribution < -0.4 is 10.2 Å². The molecule has 0 atom stereocenters. The van der Waals surface area contributed by atoms with Gasteiger partial charge >= 0.3 is 0 Å². The predicted octanol–water partition coefficient (Wildman–Crippen LogP) is 3.67. The first-order valence-corrected chi connectivity index (χ1v) is 7.10. The van der Waals surface area contributed by atoms with E-state index in [1.165, 1.54) is 12.1 Å². The first-order chi connectivity index (χ1) is 10.1. The average molecular weight is 325 g/mol. The lowest BCUT2D eigenvalue weighted by Crippen LogP contribution is -2.36. The summed E-state index contributed by atoms with van der Waals surface area (Å²) in [6.45, 7) is 0.289. The minimum absolute atomic E-state index is 0.0499. The number of aliphatic hydroxyl groups is 1. The molecule has 0 bridgehead atoms. The van der Waals surface area contributed by atoms with Crippen molar-refractivity contribution in [2.45, 2.75) is 0 Å². The lowest BCUT2D eigenvalue weighted by Gasteiger charge is -2.25. The Morgan fingerprint density at radius 3 is 2.57 bits per heavy atom. The summed E-state index contributed by atoms with van der Waals surface area (Å²) in [7, 11) is 0. The van der Waals surface area contributed by atoms with Crippen molar-refractivity contribution in [2.75, 3.05) is 23.4 Å². The second-order valence-electron chi connectivity index (χ2n) is 4.27. The average Bonchev–Trinajstić information content (AvgIpc) is 2.49. The van der Waals surface area contributed by atoms with Gasteiger partial charge in [0.15, 0.2) is 5.11 Å². The zero-order chi connectivity index (χ0) is 15.2. The van der Waals surface area contributed by atoms with Crippen molar-refractivity contribution in [1.82, 2.24) is 0 Å². The number of rotatable bonds is 4. The van der Waals surface area contributed by atoms with Crippen LogP contribution in [0.2, 0.25) is 5.02 Å². The van der Waals surface area contributed by atoms with Crippen molar-refractivity contribution in [2.24, 2.45) is 0 Å². The molecule has 0 spiro atoms. The van der Waals surface area contributed by atoms with Crippen LogP contribution in [0.3, 0.4) is 0 Å². The van der Waals surface area contributed by atoms with Crippen LogP contribution in [-0.4, -0.2) is 23.4 Å². The number of nitrogens with zero attached hydrogens (tertiary/aromatic N) is 1. The Morgan fingerprint density at radius 2 is 1.95 bits per heavy atom. The molecule has 0 aliphatic heterocycles. The zero-order valence-electron chi connectivity index (χ0n) is 11.1. The van der Waals surface area contributed by atoms with Gasteiger partial charge in [-0.2, -0.15) is 0 Å².